The Bertz CT molecular complexity index is 983. The Kier molecular flexibility index (Phi) is 8.25. The predicted octanol–water partition coefficient (Wildman–Crippen LogP) is 7.39. The fourth-order valence-corrected chi connectivity index (χ4v) is 2.50. The molecule has 2 N–H and O–H groups in total. The van der Waals surface area contributed by atoms with E-state index in [0.29, 0.717) is 12.1 Å². The number of allylic oxidation sites excluding steroid dienone is 1. The van der Waals surface area contributed by atoms with Crippen molar-refractivity contribution in [3.8, 4) is 5.75 Å². The summed E-state index contributed by atoms with van der Waals surface area (Å²) in [7, 11) is 0. The molecular weight excluding hydrogens is 569 g/mol. The standard InChI is InChI=1S/C18H12F17NO/c1-2-4-10(36)37-9-6-3-5-8(7-9)11(19,20)12(21,22)13(23,24)14(25,26)15(27,28)16(29,30)17(31,32)18(33,34)35/h2-7,10H,36H2,1H3. The first-order valence-electron chi connectivity index (χ1n) is 9.05. The van der Waals surface area contributed by atoms with Crippen molar-refractivity contribution < 1.29 is 79.4 Å². The van der Waals surface area contributed by atoms with E-state index < -0.39 is 65.2 Å². The van der Waals surface area contributed by atoms with Crippen molar-refractivity contribution in [3.63, 3.8) is 0 Å². The minimum Gasteiger partial charge on any atom is -0.472 e. The van der Waals surface area contributed by atoms with Gasteiger partial charge in [0, 0.05) is 5.56 Å². The van der Waals surface area contributed by atoms with E-state index in [1.54, 1.807) is 0 Å². The minimum absolute atomic E-state index is 0.166. The summed E-state index contributed by atoms with van der Waals surface area (Å²) < 4.78 is 232. The van der Waals surface area contributed by atoms with E-state index in [0.717, 1.165) is 6.08 Å². The monoisotopic (exact) mass is 581 g/mol. The second-order valence-electron chi connectivity index (χ2n) is 7.15. The number of halogens is 17. The fraction of sp³-hybridized carbons (Fsp3) is 0.556. The summed E-state index contributed by atoms with van der Waals surface area (Å²) in [5, 5.41) is 0. The van der Waals surface area contributed by atoms with Crippen LogP contribution in [-0.2, 0) is 5.92 Å². The van der Waals surface area contributed by atoms with E-state index in [1.165, 1.54) is 13.0 Å². The van der Waals surface area contributed by atoms with Crippen molar-refractivity contribution in [1.29, 1.82) is 0 Å². The van der Waals surface area contributed by atoms with Crippen LogP contribution in [-0.4, -0.2) is 47.9 Å². The lowest BCUT2D eigenvalue weighted by atomic mass is 9.87. The summed E-state index contributed by atoms with van der Waals surface area (Å²) in [4.78, 5) is 0. The highest BCUT2D eigenvalue weighted by molar-refractivity contribution is 5.34. The van der Waals surface area contributed by atoms with Gasteiger partial charge in [-0.2, -0.15) is 74.6 Å². The van der Waals surface area contributed by atoms with Crippen molar-refractivity contribution in [3.05, 3.63) is 42.0 Å². The van der Waals surface area contributed by atoms with Crippen LogP contribution in [0.3, 0.4) is 0 Å². The number of ether oxygens (including phenoxy) is 1. The summed E-state index contributed by atoms with van der Waals surface area (Å²) in [6, 6.07) is 0.651. The Morgan fingerprint density at radius 3 is 1.46 bits per heavy atom. The smallest absolute Gasteiger partial charge is 0.460 e. The largest absolute Gasteiger partial charge is 0.472 e. The number of nitrogens with two attached hydrogens (primary N) is 1. The zero-order valence-corrected chi connectivity index (χ0v) is 17.5. The molecule has 0 fully saturated rings. The van der Waals surface area contributed by atoms with Crippen molar-refractivity contribution in [2.24, 2.45) is 5.73 Å². The molecule has 0 bridgehead atoms. The van der Waals surface area contributed by atoms with Gasteiger partial charge in [-0.3, -0.25) is 5.73 Å². The molecule has 0 aliphatic carbocycles. The van der Waals surface area contributed by atoms with Gasteiger partial charge in [0.1, 0.15) is 5.75 Å². The number of benzene rings is 1. The molecule has 1 atom stereocenters. The van der Waals surface area contributed by atoms with Crippen molar-refractivity contribution in [2.45, 2.75) is 60.8 Å². The van der Waals surface area contributed by atoms with Crippen LogP contribution in [0.15, 0.2) is 36.4 Å². The average Bonchev–Trinajstić information content (AvgIpc) is 2.72. The Morgan fingerprint density at radius 1 is 0.649 bits per heavy atom. The average molecular weight is 581 g/mol. The molecule has 0 spiro atoms. The molecular formula is C18H12F17NO. The van der Waals surface area contributed by atoms with Crippen molar-refractivity contribution >= 4 is 0 Å². The number of alkyl halides is 17. The van der Waals surface area contributed by atoms with Crippen LogP contribution in [0.5, 0.6) is 5.75 Å². The lowest BCUT2D eigenvalue weighted by Crippen LogP contribution is -2.74. The Balaban J connectivity index is 3.66. The zero-order chi connectivity index (χ0) is 29.7. The van der Waals surface area contributed by atoms with Crippen LogP contribution < -0.4 is 10.5 Å². The van der Waals surface area contributed by atoms with Gasteiger partial charge in [0.05, 0.1) is 0 Å². The Hall–Kier alpha value is -2.47. The van der Waals surface area contributed by atoms with Crippen LogP contribution >= 0.6 is 0 Å². The van der Waals surface area contributed by atoms with Gasteiger partial charge in [-0.1, -0.05) is 18.2 Å². The molecule has 19 heteroatoms. The summed E-state index contributed by atoms with van der Waals surface area (Å²) in [6.45, 7) is 1.36. The van der Waals surface area contributed by atoms with Gasteiger partial charge >= 0.3 is 47.6 Å². The van der Waals surface area contributed by atoms with E-state index in [2.05, 4.69) is 0 Å². The molecule has 1 aromatic rings. The normalized spacial score (nSPS) is 16.3. The van der Waals surface area contributed by atoms with Gasteiger partial charge in [-0.05, 0) is 25.1 Å². The lowest BCUT2D eigenvalue weighted by Gasteiger charge is -2.42. The van der Waals surface area contributed by atoms with E-state index in [9.17, 15) is 74.6 Å². The van der Waals surface area contributed by atoms with Crippen LogP contribution in [0.1, 0.15) is 12.5 Å². The molecule has 1 rings (SSSR count). The maximum absolute atomic E-state index is 14.3. The first-order valence-corrected chi connectivity index (χ1v) is 9.05. The van der Waals surface area contributed by atoms with Gasteiger partial charge in [-0.15, -0.1) is 0 Å². The molecule has 0 amide bonds. The SMILES string of the molecule is CC=CC(N)Oc1cccc(C(F)(F)C(F)(F)C(F)(F)C(F)(F)C(F)(F)C(F)(F)C(F)(F)C(F)(F)F)c1. The number of rotatable bonds is 10. The molecule has 2 nitrogen and oxygen atoms in total. The lowest BCUT2D eigenvalue weighted by molar-refractivity contribution is -0.462. The maximum Gasteiger partial charge on any atom is 0.460 e. The van der Waals surface area contributed by atoms with Crippen molar-refractivity contribution in [2.75, 3.05) is 0 Å². The summed E-state index contributed by atoms with van der Waals surface area (Å²) >= 11 is 0. The molecule has 0 saturated carbocycles. The second kappa shape index (κ2) is 9.37. The van der Waals surface area contributed by atoms with E-state index >= 15 is 0 Å². The molecule has 0 aromatic heterocycles. The molecule has 0 heterocycles. The number of hydrogen-bond acceptors (Lipinski definition) is 2. The van der Waals surface area contributed by atoms with E-state index in [1.807, 2.05) is 0 Å². The molecule has 214 valence electrons. The maximum atomic E-state index is 14.3. The first kappa shape index (κ1) is 32.6. The highest BCUT2D eigenvalue weighted by Gasteiger charge is 2.95. The highest BCUT2D eigenvalue weighted by Crippen LogP contribution is 2.65. The third kappa shape index (κ3) is 4.78. The molecule has 37 heavy (non-hydrogen) atoms. The second-order valence-corrected chi connectivity index (χ2v) is 7.15. The summed E-state index contributed by atoms with van der Waals surface area (Å²) in [6.07, 6.45) is -7.05. The third-order valence-electron chi connectivity index (χ3n) is 4.57. The molecule has 1 aromatic carbocycles. The van der Waals surface area contributed by atoms with Gasteiger partial charge in [0.15, 0.2) is 6.23 Å². The summed E-state index contributed by atoms with van der Waals surface area (Å²) in [5.74, 6) is -57.8. The zero-order valence-electron chi connectivity index (χ0n) is 17.5. The molecule has 1 unspecified atom stereocenters. The molecule has 0 radical (unpaired) electrons. The third-order valence-corrected chi connectivity index (χ3v) is 4.57. The van der Waals surface area contributed by atoms with Crippen molar-refractivity contribution in [1.82, 2.24) is 0 Å². The fourth-order valence-electron chi connectivity index (χ4n) is 2.50. The highest BCUT2D eigenvalue weighted by atomic mass is 19.4. The Morgan fingerprint density at radius 2 is 1.05 bits per heavy atom. The summed E-state index contributed by atoms with van der Waals surface area (Å²) in [5.41, 5.74) is 2.90. The quantitative estimate of drug-likeness (QED) is 0.178. The van der Waals surface area contributed by atoms with Gasteiger partial charge in [0.25, 0.3) is 0 Å². The molecule has 0 aliphatic rings. The minimum atomic E-state index is -8.67. The first-order chi connectivity index (χ1) is 16.2. The van der Waals surface area contributed by atoms with Crippen LogP contribution in [0.25, 0.3) is 0 Å². The van der Waals surface area contributed by atoms with Gasteiger partial charge in [-0.25, -0.2) is 0 Å². The van der Waals surface area contributed by atoms with E-state index in [4.69, 9.17) is 10.5 Å². The van der Waals surface area contributed by atoms with Crippen LogP contribution in [0, 0.1) is 0 Å². The van der Waals surface area contributed by atoms with E-state index in [-0.39, 0.29) is 12.1 Å². The topological polar surface area (TPSA) is 35.2 Å². The molecule has 0 saturated heterocycles. The van der Waals surface area contributed by atoms with Crippen LogP contribution in [0.2, 0.25) is 0 Å². The van der Waals surface area contributed by atoms with Crippen LogP contribution in [0.4, 0.5) is 74.6 Å². The van der Waals surface area contributed by atoms with Gasteiger partial charge < -0.3 is 4.74 Å². The molecule has 0 aliphatic heterocycles. The van der Waals surface area contributed by atoms with Gasteiger partial charge in [0.2, 0.25) is 0 Å². The number of hydrogen-bond donors (Lipinski definition) is 1. The Labute approximate surface area is 194 Å². The predicted molar refractivity (Wildman–Crippen MR) is 89.5 cm³/mol.